The van der Waals surface area contributed by atoms with Crippen molar-refractivity contribution in [3.05, 3.63) is 23.8 Å². The summed E-state index contributed by atoms with van der Waals surface area (Å²) in [6.07, 6.45) is 0.953. The van der Waals surface area contributed by atoms with E-state index in [1.807, 2.05) is 13.8 Å². The average Bonchev–Trinajstić information content (AvgIpc) is 2.85. The van der Waals surface area contributed by atoms with Gasteiger partial charge in [-0.05, 0) is 30.5 Å². The molecule has 0 aliphatic heterocycles. The summed E-state index contributed by atoms with van der Waals surface area (Å²) in [4.78, 5) is 48.5. The molecule has 0 aliphatic carbocycles. The molecule has 208 valence electrons. The quantitative estimate of drug-likeness (QED) is 0.151. The van der Waals surface area contributed by atoms with Gasteiger partial charge in [-0.3, -0.25) is 9.59 Å². The van der Waals surface area contributed by atoms with Crippen molar-refractivity contribution >= 4 is 24.2 Å². The lowest BCUT2D eigenvalue weighted by Gasteiger charge is -2.27. The van der Waals surface area contributed by atoms with Gasteiger partial charge in [-0.15, -0.1) is 0 Å². The molecule has 0 fully saturated rings. The van der Waals surface area contributed by atoms with Crippen LogP contribution in [0.1, 0.15) is 65.4 Å². The Morgan fingerprint density at radius 3 is 1.95 bits per heavy atom. The molecule has 1 rings (SSSR count). The van der Waals surface area contributed by atoms with E-state index in [2.05, 4.69) is 0 Å². The van der Waals surface area contributed by atoms with Crippen molar-refractivity contribution in [3.63, 3.8) is 0 Å². The van der Waals surface area contributed by atoms with E-state index in [1.54, 1.807) is 19.9 Å². The van der Waals surface area contributed by atoms with Gasteiger partial charge in [0.2, 0.25) is 0 Å². The fraction of sp³-hybridized carbons (Fsp3) is 0.615. The van der Waals surface area contributed by atoms with Gasteiger partial charge in [0, 0.05) is 12.8 Å². The van der Waals surface area contributed by atoms with E-state index in [0.29, 0.717) is 18.4 Å². The second kappa shape index (κ2) is 16.4. The highest BCUT2D eigenvalue weighted by atomic mass is 16.7. The van der Waals surface area contributed by atoms with E-state index < -0.39 is 29.8 Å². The number of benzene rings is 1. The highest BCUT2D eigenvalue weighted by molar-refractivity contribution is 5.81. The normalized spacial score (nSPS) is 12.3. The van der Waals surface area contributed by atoms with Gasteiger partial charge in [0.1, 0.15) is 5.54 Å². The van der Waals surface area contributed by atoms with Crippen LogP contribution in [-0.2, 0) is 35.0 Å². The van der Waals surface area contributed by atoms with Crippen LogP contribution in [0.3, 0.4) is 0 Å². The zero-order valence-corrected chi connectivity index (χ0v) is 22.3. The fourth-order valence-corrected chi connectivity index (χ4v) is 3.00. The summed E-state index contributed by atoms with van der Waals surface area (Å²) in [7, 11) is 1.20. The Balaban J connectivity index is 3.13. The zero-order valence-electron chi connectivity index (χ0n) is 22.3. The molecule has 1 atom stereocenters. The summed E-state index contributed by atoms with van der Waals surface area (Å²) < 4.78 is 30.6. The van der Waals surface area contributed by atoms with E-state index >= 15 is 0 Å². The van der Waals surface area contributed by atoms with Crippen molar-refractivity contribution in [2.45, 2.75) is 71.8 Å². The summed E-state index contributed by atoms with van der Waals surface area (Å²) in [6.45, 7) is 7.52. The van der Waals surface area contributed by atoms with Crippen molar-refractivity contribution in [1.82, 2.24) is 0 Å². The van der Waals surface area contributed by atoms with E-state index in [4.69, 9.17) is 34.2 Å². The number of hydrogen-bond acceptors (Lipinski definition) is 11. The molecular weight excluding hydrogens is 486 g/mol. The predicted octanol–water partition coefficient (Wildman–Crippen LogP) is 4.32. The van der Waals surface area contributed by atoms with Crippen molar-refractivity contribution in [2.24, 2.45) is 11.7 Å². The third-order valence-electron chi connectivity index (χ3n) is 5.21. The first-order chi connectivity index (χ1) is 17.6. The standard InChI is InChI=1S/C26H39NO10/c1-6-8-13-34-24(30)36-20-11-10-19(16-21(20)37-25(31)35-14-9-7-2)17-26(27,23(29)32-5)12-15-33-22(28)18(3)4/h10-11,16,18H,6-9,12-15,17,27H2,1-5H3/t26-/m1/s1. The van der Waals surface area contributed by atoms with E-state index in [-0.39, 0.29) is 50.1 Å². The maximum absolute atomic E-state index is 12.5. The highest BCUT2D eigenvalue weighted by Gasteiger charge is 2.36. The van der Waals surface area contributed by atoms with Gasteiger partial charge < -0.3 is 34.2 Å². The molecule has 0 aliphatic rings. The maximum atomic E-state index is 12.5. The molecule has 11 nitrogen and oxygen atoms in total. The second-order valence-corrected chi connectivity index (χ2v) is 8.79. The molecule has 0 bridgehead atoms. The summed E-state index contributed by atoms with van der Waals surface area (Å²) in [5, 5.41) is 0. The lowest BCUT2D eigenvalue weighted by Crippen LogP contribution is -2.51. The van der Waals surface area contributed by atoms with Crippen LogP contribution < -0.4 is 15.2 Å². The second-order valence-electron chi connectivity index (χ2n) is 8.79. The van der Waals surface area contributed by atoms with Gasteiger partial charge in [-0.1, -0.05) is 46.6 Å². The van der Waals surface area contributed by atoms with Crippen LogP contribution in [0.4, 0.5) is 9.59 Å². The van der Waals surface area contributed by atoms with E-state index in [1.165, 1.54) is 19.2 Å². The Hall–Kier alpha value is -3.34. The summed E-state index contributed by atoms with van der Waals surface area (Å²) in [5.74, 6) is -1.66. The van der Waals surface area contributed by atoms with E-state index in [0.717, 1.165) is 12.8 Å². The van der Waals surface area contributed by atoms with Gasteiger partial charge in [-0.2, -0.15) is 0 Å². The zero-order chi connectivity index (χ0) is 27.8. The van der Waals surface area contributed by atoms with E-state index in [9.17, 15) is 19.2 Å². The Morgan fingerprint density at radius 2 is 1.43 bits per heavy atom. The SMILES string of the molecule is CCCCOC(=O)Oc1ccc(C[C@](N)(CCOC(=O)C(C)C)C(=O)OC)cc1OC(=O)OCCCC. The number of methoxy groups -OCH3 is 1. The number of unbranched alkanes of at least 4 members (excludes halogenated alkanes) is 2. The third kappa shape index (κ3) is 11.5. The van der Waals surface area contributed by atoms with Crippen molar-refractivity contribution in [3.8, 4) is 11.5 Å². The first kappa shape index (κ1) is 31.7. The van der Waals surface area contributed by atoms with Crippen LogP contribution in [-0.4, -0.2) is 56.7 Å². The minimum absolute atomic E-state index is 0.0185. The number of carbonyl (C=O) groups is 4. The molecule has 0 aromatic heterocycles. The molecule has 0 amide bonds. The van der Waals surface area contributed by atoms with Crippen LogP contribution in [0.15, 0.2) is 18.2 Å². The Bertz CT molecular complexity index is 901. The largest absolute Gasteiger partial charge is 0.513 e. The molecule has 0 saturated heterocycles. The van der Waals surface area contributed by atoms with Gasteiger partial charge in [-0.25, -0.2) is 9.59 Å². The molecule has 0 saturated carbocycles. The number of hydrogen-bond donors (Lipinski definition) is 1. The molecular formula is C26H39NO10. The predicted molar refractivity (Wildman–Crippen MR) is 133 cm³/mol. The molecule has 0 radical (unpaired) electrons. The molecule has 0 unspecified atom stereocenters. The number of carbonyl (C=O) groups excluding carboxylic acids is 4. The first-order valence-corrected chi connectivity index (χ1v) is 12.4. The lowest BCUT2D eigenvalue weighted by atomic mass is 9.88. The molecule has 37 heavy (non-hydrogen) atoms. The molecule has 1 aromatic rings. The molecule has 1 aromatic carbocycles. The highest BCUT2D eigenvalue weighted by Crippen LogP contribution is 2.31. The summed E-state index contributed by atoms with van der Waals surface area (Å²) in [5.41, 5.74) is 5.28. The van der Waals surface area contributed by atoms with Crippen molar-refractivity contribution in [2.75, 3.05) is 26.9 Å². The lowest BCUT2D eigenvalue weighted by molar-refractivity contribution is -0.152. The van der Waals surface area contributed by atoms with Gasteiger partial charge in [0.15, 0.2) is 11.5 Å². The Morgan fingerprint density at radius 1 is 0.865 bits per heavy atom. The van der Waals surface area contributed by atoms with Crippen LogP contribution in [0, 0.1) is 5.92 Å². The van der Waals surface area contributed by atoms with Crippen LogP contribution in [0.25, 0.3) is 0 Å². The number of nitrogens with two attached hydrogens (primary N) is 1. The maximum Gasteiger partial charge on any atom is 0.513 e. The van der Waals surface area contributed by atoms with Crippen LogP contribution >= 0.6 is 0 Å². The van der Waals surface area contributed by atoms with Crippen LogP contribution in [0.2, 0.25) is 0 Å². The van der Waals surface area contributed by atoms with Crippen molar-refractivity contribution in [1.29, 1.82) is 0 Å². The molecule has 2 N–H and O–H groups in total. The van der Waals surface area contributed by atoms with Gasteiger partial charge in [0.05, 0.1) is 32.8 Å². The Kier molecular flexibility index (Phi) is 14.1. The first-order valence-electron chi connectivity index (χ1n) is 12.4. The van der Waals surface area contributed by atoms with Gasteiger partial charge >= 0.3 is 24.2 Å². The van der Waals surface area contributed by atoms with Crippen LogP contribution in [0.5, 0.6) is 11.5 Å². The summed E-state index contributed by atoms with van der Waals surface area (Å²) in [6, 6.07) is 4.34. The monoisotopic (exact) mass is 525 g/mol. The van der Waals surface area contributed by atoms with Crippen molar-refractivity contribution < 1.29 is 47.6 Å². The minimum atomic E-state index is -1.55. The Labute approximate surface area is 217 Å². The van der Waals surface area contributed by atoms with Gasteiger partial charge in [0.25, 0.3) is 0 Å². The summed E-state index contributed by atoms with van der Waals surface area (Å²) >= 11 is 0. The minimum Gasteiger partial charge on any atom is -0.468 e. The third-order valence-corrected chi connectivity index (χ3v) is 5.21. The fourth-order valence-electron chi connectivity index (χ4n) is 3.00. The number of rotatable bonds is 15. The molecule has 0 spiro atoms. The topological polar surface area (TPSA) is 150 Å². The average molecular weight is 526 g/mol. The number of esters is 2. The smallest absolute Gasteiger partial charge is 0.468 e. The number of ether oxygens (including phenoxy) is 6. The molecule has 0 heterocycles. The molecule has 11 heteroatoms.